The number of carbonyl (C=O) groups excluding carboxylic acids is 2. The minimum Gasteiger partial charge on any atom is -0.338 e. The molecule has 1 aliphatic heterocycles. The Bertz CT molecular complexity index is 668. The molecule has 0 bridgehead atoms. The van der Waals surface area contributed by atoms with Crippen LogP contribution < -0.4 is 5.73 Å². The number of nitrogens with zero attached hydrogens (tertiary/aromatic N) is 2. The largest absolute Gasteiger partial charge is 0.338 e. The van der Waals surface area contributed by atoms with Crippen LogP contribution >= 0.6 is 11.6 Å². The fourth-order valence-electron chi connectivity index (χ4n) is 3.66. The molecule has 3 rings (SSSR count). The molecule has 0 unspecified atom stereocenters. The molecule has 5 nitrogen and oxygen atoms in total. The van der Waals surface area contributed by atoms with Gasteiger partial charge in [0.25, 0.3) is 5.91 Å². The highest BCUT2D eigenvalue weighted by atomic mass is 35.5. The van der Waals surface area contributed by atoms with E-state index in [0.29, 0.717) is 26.2 Å². The molecule has 0 aromatic heterocycles. The number of amides is 2. The molecule has 136 valence electrons. The van der Waals surface area contributed by atoms with Gasteiger partial charge in [0, 0.05) is 31.2 Å². The molecule has 2 aliphatic rings. The van der Waals surface area contributed by atoms with Gasteiger partial charge >= 0.3 is 0 Å². The van der Waals surface area contributed by atoms with E-state index >= 15 is 0 Å². The minimum atomic E-state index is -0.757. The normalized spacial score (nSPS) is 20.4. The van der Waals surface area contributed by atoms with Gasteiger partial charge in [-0.25, -0.2) is 4.39 Å². The molecule has 0 atom stereocenters. The van der Waals surface area contributed by atoms with Gasteiger partial charge in [-0.3, -0.25) is 9.59 Å². The SMILES string of the molecule is NC1(C(=O)N2CCN(C(=O)c3ccc(Cl)cc3F)CC2)CCCCC1. The first kappa shape index (κ1) is 18.1. The van der Waals surface area contributed by atoms with Crippen LogP contribution in [0.15, 0.2) is 18.2 Å². The molecule has 0 spiro atoms. The molecular weight excluding hydrogens is 345 g/mol. The van der Waals surface area contributed by atoms with Gasteiger partial charge in [0.2, 0.25) is 5.91 Å². The van der Waals surface area contributed by atoms with Crippen LogP contribution in [0.2, 0.25) is 5.02 Å². The highest BCUT2D eigenvalue weighted by molar-refractivity contribution is 6.30. The topological polar surface area (TPSA) is 66.6 Å². The second-order valence-electron chi connectivity index (χ2n) is 6.93. The smallest absolute Gasteiger partial charge is 0.256 e. The summed E-state index contributed by atoms with van der Waals surface area (Å²) >= 11 is 5.73. The van der Waals surface area contributed by atoms with Gasteiger partial charge in [-0.2, -0.15) is 0 Å². The third-order valence-electron chi connectivity index (χ3n) is 5.19. The monoisotopic (exact) mass is 367 g/mol. The zero-order valence-electron chi connectivity index (χ0n) is 14.1. The maximum Gasteiger partial charge on any atom is 0.256 e. The number of hydrogen-bond acceptors (Lipinski definition) is 3. The van der Waals surface area contributed by atoms with Crippen molar-refractivity contribution in [3.8, 4) is 0 Å². The van der Waals surface area contributed by atoms with E-state index in [-0.39, 0.29) is 22.4 Å². The lowest BCUT2D eigenvalue weighted by molar-refractivity contribution is -0.139. The van der Waals surface area contributed by atoms with Crippen molar-refractivity contribution >= 4 is 23.4 Å². The van der Waals surface area contributed by atoms with Gasteiger partial charge < -0.3 is 15.5 Å². The van der Waals surface area contributed by atoms with Crippen LogP contribution in [0, 0.1) is 5.82 Å². The van der Waals surface area contributed by atoms with E-state index in [1.54, 1.807) is 9.80 Å². The first-order chi connectivity index (χ1) is 11.9. The molecule has 0 radical (unpaired) electrons. The van der Waals surface area contributed by atoms with Crippen LogP contribution in [0.3, 0.4) is 0 Å². The maximum absolute atomic E-state index is 13.9. The van der Waals surface area contributed by atoms with Crippen molar-refractivity contribution < 1.29 is 14.0 Å². The Hall–Kier alpha value is -1.66. The van der Waals surface area contributed by atoms with E-state index in [4.69, 9.17) is 17.3 Å². The molecule has 1 saturated carbocycles. The highest BCUT2D eigenvalue weighted by Gasteiger charge is 2.39. The maximum atomic E-state index is 13.9. The number of rotatable bonds is 2. The van der Waals surface area contributed by atoms with E-state index in [0.717, 1.165) is 38.2 Å². The van der Waals surface area contributed by atoms with E-state index in [1.165, 1.54) is 12.1 Å². The third-order valence-corrected chi connectivity index (χ3v) is 5.42. The molecule has 1 heterocycles. The van der Waals surface area contributed by atoms with E-state index in [1.807, 2.05) is 0 Å². The summed E-state index contributed by atoms with van der Waals surface area (Å²) in [6.45, 7) is 1.61. The number of carbonyl (C=O) groups is 2. The Morgan fingerprint density at radius 3 is 2.24 bits per heavy atom. The predicted molar refractivity (Wildman–Crippen MR) is 93.9 cm³/mol. The zero-order valence-corrected chi connectivity index (χ0v) is 14.9. The summed E-state index contributed by atoms with van der Waals surface area (Å²) in [6.07, 6.45) is 4.54. The molecule has 25 heavy (non-hydrogen) atoms. The van der Waals surface area contributed by atoms with Gasteiger partial charge in [-0.05, 0) is 31.0 Å². The molecule has 2 fully saturated rings. The van der Waals surface area contributed by atoms with Crippen molar-refractivity contribution in [1.29, 1.82) is 0 Å². The Kier molecular flexibility index (Phi) is 5.29. The van der Waals surface area contributed by atoms with Crippen molar-refractivity contribution in [1.82, 2.24) is 9.80 Å². The van der Waals surface area contributed by atoms with E-state index in [9.17, 15) is 14.0 Å². The number of halogens is 2. The molecular formula is C18H23ClFN3O2. The number of piperazine rings is 1. The summed E-state index contributed by atoms with van der Waals surface area (Å²) in [6, 6.07) is 4.03. The van der Waals surface area contributed by atoms with Gasteiger partial charge in [0.1, 0.15) is 5.82 Å². The standard InChI is InChI=1S/C18H23ClFN3O2/c19-13-4-5-14(15(20)12-13)16(24)22-8-10-23(11-9-22)17(25)18(21)6-2-1-3-7-18/h4-5,12H,1-3,6-11,21H2. The van der Waals surface area contributed by atoms with Gasteiger partial charge in [-0.15, -0.1) is 0 Å². The first-order valence-electron chi connectivity index (χ1n) is 8.73. The summed E-state index contributed by atoms with van der Waals surface area (Å²) in [7, 11) is 0. The molecule has 2 N–H and O–H groups in total. The quantitative estimate of drug-likeness (QED) is 0.873. The van der Waals surface area contributed by atoms with E-state index in [2.05, 4.69) is 0 Å². The van der Waals surface area contributed by atoms with Crippen molar-refractivity contribution in [2.45, 2.75) is 37.6 Å². The van der Waals surface area contributed by atoms with Crippen molar-refractivity contribution in [3.63, 3.8) is 0 Å². The van der Waals surface area contributed by atoms with Crippen LogP contribution in [-0.4, -0.2) is 53.3 Å². The summed E-state index contributed by atoms with van der Waals surface area (Å²) < 4.78 is 13.9. The Labute approximate surface area is 151 Å². The van der Waals surface area contributed by atoms with Crippen LogP contribution in [0.5, 0.6) is 0 Å². The second-order valence-corrected chi connectivity index (χ2v) is 7.36. The average Bonchev–Trinajstić information content (AvgIpc) is 2.61. The Morgan fingerprint density at radius 1 is 1.04 bits per heavy atom. The van der Waals surface area contributed by atoms with Crippen LogP contribution in [-0.2, 0) is 4.79 Å². The molecule has 1 saturated heterocycles. The second kappa shape index (κ2) is 7.30. The summed E-state index contributed by atoms with van der Waals surface area (Å²) in [4.78, 5) is 28.5. The van der Waals surface area contributed by atoms with Crippen LogP contribution in [0.25, 0.3) is 0 Å². The molecule has 2 amide bonds. The fourth-order valence-corrected chi connectivity index (χ4v) is 3.82. The molecule has 1 aromatic rings. The van der Waals surface area contributed by atoms with Gasteiger partial charge in [0.05, 0.1) is 11.1 Å². The highest BCUT2D eigenvalue weighted by Crippen LogP contribution is 2.28. The van der Waals surface area contributed by atoms with Crippen molar-refractivity contribution in [3.05, 3.63) is 34.6 Å². The summed E-state index contributed by atoms with van der Waals surface area (Å²) in [5.74, 6) is -1.02. The average molecular weight is 368 g/mol. The molecule has 1 aromatic carbocycles. The lowest BCUT2D eigenvalue weighted by Gasteiger charge is -2.41. The zero-order chi connectivity index (χ0) is 18.0. The molecule has 7 heteroatoms. The molecule has 1 aliphatic carbocycles. The number of benzene rings is 1. The van der Waals surface area contributed by atoms with Crippen molar-refractivity contribution in [2.24, 2.45) is 5.73 Å². The Balaban J connectivity index is 1.61. The van der Waals surface area contributed by atoms with Crippen molar-refractivity contribution in [2.75, 3.05) is 26.2 Å². The lowest BCUT2D eigenvalue weighted by Crippen LogP contribution is -2.60. The fraction of sp³-hybridized carbons (Fsp3) is 0.556. The Morgan fingerprint density at radius 2 is 1.64 bits per heavy atom. The van der Waals surface area contributed by atoms with Gasteiger partial charge in [-0.1, -0.05) is 30.9 Å². The first-order valence-corrected chi connectivity index (χ1v) is 9.11. The van der Waals surface area contributed by atoms with E-state index < -0.39 is 11.4 Å². The number of hydrogen-bond donors (Lipinski definition) is 1. The van der Waals surface area contributed by atoms with Crippen LogP contribution in [0.1, 0.15) is 42.5 Å². The lowest BCUT2D eigenvalue weighted by atomic mass is 9.81. The van der Waals surface area contributed by atoms with Gasteiger partial charge in [0.15, 0.2) is 0 Å². The van der Waals surface area contributed by atoms with Crippen LogP contribution in [0.4, 0.5) is 4.39 Å². The predicted octanol–water partition coefficient (Wildman–Crippen LogP) is 2.43. The minimum absolute atomic E-state index is 0.00625. The summed E-state index contributed by atoms with van der Waals surface area (Å²) in [5, 5.41) is 0.255. The number of nitrogens with two attached hydrogens (primary N) is 1. The summed E-state index contributed by atoms with van der Waals surface area (Å²) in [5.41, 5.74) is 5.57. The third kappa shape index (κ3) is 3.80.